The Balaban J connectivity index is 4.05. The van der Waals surface area contributed by atoms with Gasteiger partial charge in [-0.05, 0) is 96.3 Å². The lowest BCUT2D eigenvalue weighted by Gasteiger charge is -2.26. The molecule has 0 aromatic rings. The average Bonchev–Trinajstić information content (AvgIpc) is 3.43. The van der Waals surface area contributed by atoms with Crippen LogP contribution in [0, 0.1) is 0 Å². The third kappa shape index (κ3) is 61.8. The summed E-state index contributed by atoms with van der Waals surface area (Å²) in [6.07, 6.45) is 80.5. The highest BCUT2D eigenvalue weighted by atomic mass is 16.7. The van der Waals surface area contributed by atoms with Gasteiger partial charge in [0.05, 0.1) is 40.3 Å². The number of esters is 2. The van der Waals surface area contributed by atoms with E-state index in [9.17, 15) is 19.5 Å². The standard InChI is InChI=1S/C71H123NO8/c1-6-8-10-12-14-16-18-20-22-24-25-26-27-28-29-30-31-32-33-34-35-36-37-38-39-40-41-42-43-44-45-46-48-50-52-54-56-58-60-62-69(74)80-67(66-79-71(70(75)76)77-64-63-72(3,4)5)65-78-68(73)61-59-57-55-53-51-49-47-23-21-19-17-15-13-11-9-7-2/h8,10,14,16,20,22-23,25-26,28-29,31-32,34-35,47,67,71H,6-7,9,11-13,15,17-19,21,24,27,30,33,36-46,48-66H2,1-5H3/b10-8-,16-14-,22-20-,26-25-,29-28-,32-31-,35-34-,47-23-. The van der Waals surface area contributed by atoms with Gasteiger partial charge in [-0.2, -0.15) is 0 Å². The molecule has 0 saturated carbocycles. The predicted octanol–water partition coefficient (Wildman–Crippen LogP) is 18.7. The molecule has 9 heteroatoms. The molecule has 0 heterocycles. The first-order chi connectivity index (χ1) is 39.1. The van der Waals surface area contributed by atoms with Crippen LogP contribution in [-0.4, -0.2) is 82.3 Å². The number of rotatable bonds is 60. The molecule has 0 rings (SSSR count). The number of hydrogen-bond acceptors (Lipinski definition) is 8. The molecule has 0 N–H and O–H groups in total. The van der Waals surface area contributed by atoms with Crippen LogP contribution in [0.5, 0.6) is 0 Å². The van der Waals surface area contributed by atoms with Gasteiger partial charge < -0.3 is 33.3 Å². The minimum absolute atomic E-state index is 0.145. The van der Waals surface area contributed by atoms with Gasteiger partial charge in [-0.25, -0.2) is 0 Å². The second kappa shape index (κ2) is 61.3. The van der Waals surface area contributed by atoms with Gasteiger partial charge in [-0.3, -0.25) is 9.59 Å². The zero-order chi connectivity index (χ0) is 58.3. The summed E-state index contributed by atoms with van der Waals surface area (Å²) >= 11 is 0. The van der Waals surface area contributed by atoms with Crippen molar-refractivity contribution >= 4 is 17.9 Å². The van der Waals surface area contributed by atoms with E-state index >= 15 is 0 Å². The Morgan fingerprint density at radius 2 is 0.713 bits per heavy atom. The first-order valence-corrected chi connectivity index (χ1v) is 32.9. The quantitative estimate of drug-likeness (QED) is 0.0195. The Bertz CT molecular complexity index is 1630. The molecule has 0 aliphatic heterocycles. The number of carbonyl (C=O) groups excluding carboxylic acids is 3. The molecule has 0 radical (unpaired) electrons. The van der Waals surface area contributed by atoms with Crippen LogP contribution in [0.2, 0.25) is 0 Å². The number of ether oxygens (including phenoxy) is 4. The topological polar surface area (TPSA) is 111 Å². The van der Waals surface area contributed by atoms with E-state index in [4.69, 9.17) is 18.9 Å². The van der Waals surface area contributed by atoms with Crippen LogP contribution < -0.4 is 5.11 Å². The molecule has 9 nitrogen and oxygen atoms in total. The molecule has 2 unspecified atom stereocenters. The van der Waals surface area contributed by atoms with Gasteiger partial charge in [0.2, 0.25) is 0 Å². The number of carbonyl (C=O) groups is 3. The Morgan fingerprint density at radius 3 is 1.07 bits per heavy atom. The second-order valence-electron chi connectivity index (χ2n) is 23.0. The van der Waals surface area contributed by atoms with Gasteiger partial charge in [0.1, 0.15) is 13.2 Å². The SMILES string of the molecule is CC/C=C\C/C=C\C/C=C\C/C=C\C/C=C\C/C=C\C/C=C\CCCCCCCCCCCCCCCCCCCC(=O)OC(COC(=O)CCCCCCC/C=C\CCCCCCCCC)COC(OCC[N+](C)(C)C)C(=O)[O-]. The van der Waals surface area contributed by atoms with Crippen LogP contribution in [0.15, 0.2) is 97.2 Å². The van der Waals surface area contributed by atoms with Crippen molar-refractivity contribution in [2.24, 2.45) is 0 Å². The van der Waals surface area contributed by atoms with Crippen molar-refractivity contribution in [3.63, 3.8) is 0 Å². The fourth-order valence-electron chi connectivity index (χ4n) is 9.04. The van der Waals surface area contributed by atoms with E-state index in [1.54, 1.807) is 0 Å². The van der Waals surface area contributed by atoms with E-state index in [1.165, 1.54) is 141 Å². The first-order valence-electron chi connectivity index (χ1n) is 32.9. The molecular weight excluding hydrogens is 995 g/mol. The van der Waals surface area contributed by atoms with Crippen molar-refractivity contribution in [3.8, 4) is 0 Å². The van der Waals surface area contributed by atoms with Gasteiger partial charge in [-0.1, -0.05) is 265 Å². The molecule has 460 valence electrons. The minimum atomic E-state index is -1.63. The Kier molecular flexibility index (Phi) is 58.4. The second-order valence-corrected chi connectivity index (χ2v) is 23.0. The number of quaternary nitrogens is 1. The average molecular weight is 1120 g/mol. The van der Waals surface area contributed by atoms with Crippen LogP contribution in [-0.2, 0) is 33.3 Å². The molecule has 80 heavy (non-hydrogen) atoms. The maximum Gasteiger partial charge on any atom is 0.306 e. The number of aliphatic carboxylic acids is 1. The number of carboxylic acids is 1. The molecule has 0 amide bonds. The van der Waals surface area contributed by atoms with Crippen LogP contribution in [0.4, 0.5) is 0 Å². The van der Waals surface area contributed by atoms with E-state index in [1.807, 2.05) is 21.1 Å². The number of unbranched alkanes of at least 4 members (excludes halogenated alkanes) is 29. The maximum atomic E-state index is 12.9. The van der Waals surface area contributed by atoms with Crippen LogP contribution in [0.1, 0.15) is 277 Å². The Labute approximate surface area is 492 Å². The van der Waals surface area contributed by atoms with Gasteiger partial charge in [0, 0.05) is 12.8 Å². The fourth-order valence-corrected chi connectivity index (χ4v) is 9.04. The van der Waals surface area contributed by atoms with Crippen molar-refractivity contribution in [1.82, 2.24) is 0 Å². The summed E-state index contributed by atoms with van der Waals surface area (Å²) in [4.78, 5) is 37.3. The Hall–Kier alpha value is -3.79. The molecule has 0 aromatic carbocycles. The molecule has 0 aliphatic carbocycles. The highest BCUT2D eigenvalue weighted by molar-refractivity contribution is 5.70. The van der Waals surface area contributed by atoms with E-state index in [2.05, 4.69) is 111 Å². The van der Waals surface area contributed by atoms with Crippen LogP contribution in [0.25, 0.3) is 0 Å². The van der Waals surface area contributed by atoms with Gasteiger partial charge in [-0.15, -0.1) is 0 Å². The maximum absolute atomic E-state index is 12.9. The highest BCUT2D eigenvalue weighted by Crippen LogP contribution is 2.17. The van der Waals surface area contributed by atoms with Gasteiger partial charge in [0.15, 0.2) is 12.4 Å². The summed E-state index contributed by atoms with van der Waals surface area (Å²) < 4.78 is 22.7. The number of carboxylic acid groups (broad SMARTS) is 1. The molecule has 0 saturated heterocycles. The summed E-state index contributed by atoms with van der Waals surface area (Å²) in [5.41, 5.74) is 0. The minimum Gasteiger partial charge on any atom is -0.545 e. The predicted molar refractivity (Wildman–Crippen MR) is 338 cm³/mol. The zero-order valence-electron chi connectivity index (χ0n) is 52.4. The van der Waals surface area contributed by atoms with Crippen LogP contribution >= 0.6 is 0 Å². The smallest absolute Gasteiger partial charge is 0.306 e. The van der Waals surface area contributed by atoms with Crippen molar-refractivity contribution in [3.05, 3.63) is 97.2 Å². The summed E-state index contributed by atoms with van der Waals surface area (Å²) in [6.45, 7) is 4.64. The Morgan fingerprint density at radius 1 is 0.388 bits per heavy atom. The van der Waals surface area contributed by atoms with Crippen molar-refractivity contribution in [2.75, 3.05) is 47.5 Å². The molecular formula is C71H123NO8. The van der Waals surface area contributed by atoms with E-state index in [0.717, 1.165) is 103 Å². The summed E-state index contributed by atoms with van der Waals surface area (Å²) in [5.74, 6) is -2.29. The zero-order valence-corrected chi connectivity index (χ0v) is 52.4. The van der Waals surface area contributed by atoms with Crippen molar-refractivity contribution < 1.29 is 42.9 Å². The molecule has 2 atom stereocenters. The fraction of sp³-hybridized carbons (Fsp3) is 0.732. The van der Waals surface area contributed by atoms with Crippen molar-refractivity contribution in [1.29, 1.82) is 0 Å². The third-order valence-corrected chi connectivity index (χ3v) is 14.1. The number of hydrogen-bond donors (Lipinski definition) is 0. The number of allylic oxidation sites excluding steroid dienone is 16. The molecule has 0 aromatic heterocycles. The van der Waals surface area contributed by atoms with E-state index in [0.29, 0.717) is 17.4 Å². The molecule has 0 fully saturated rings. The highest BCUT2D eigenvalue weighted by Gasteiger charge is 2.22. The molecule has 0 bridgehead atoms. The van der Waals surface area contributed by atoms with Gasteiger partial charge in [0.25, 0.3) is 0 Å². The number of likely N-dealkylation sites (N-methyl/N-ethyl adjacent to an activating group) is 1. The summed E-state index contributed by atoms with van der Waals surface area (Å²) in [6, 6.07) is 0. The van der Waals surface area contributed by atoms with E-state index in [-0.39, 0.29) is 38.6 Å². The number of nitrogens with zero attached hydrogens (tertiary/aromatic N) is 1. The largest absolute Gasteiger partial charge is 0.545 e. The summed E-state index contributed by atoms with van der Waals surface area (Å²) in [5, 5.41) is 11.8. The lowest BCUT2D eigenvalue weighted by atomic mass is 10.0. The molecule has 0 spiro atoms. The van der Waals surface area contributed by atoms with E-state index < -0.39 is 24.3 Å². The summed E-state index contributed by atoms with van der Waals surface area (Å²) in [7, 11) is 5.92. The lowest BCUT2D eigenvalue weighted by molar-refractivity contribution is -0.870. The monoisotopic (exact) mass is 1120 g/mol. The molecule has 0 aliphatic rings. The van der Waals surface area contributed by atoms with Crippen molar-refractivity contribution in [2.45, 2.75) is 289 Å². The van der Waals surface area contributed by atoms with Gasteiger partial charge >= 0.3 is 11.9 Å². The third-order valence-electron chi connectivity index (χ3n) is 14.1. The lowest BCUT2D eigenvalue weighted by Crippen LogP contribution is -2.44. The normalized spacial score (nSPS) is 13.4. The first kappa shape index (κ1) is 76.2. The van der Waals surface area contributed by atoms with Crippen LogP contribution in [0.3, 0.4) is 0 Å².